The molecule has 0 aliphatic heterocycles. The quantitative estimate of drug-likeness (QED) is 0.808. The molecule has 0 bridgehead atoms. The number of alkyl halides is 3. The Labute approximate surface area is 138 Å². The van der Waals surface area contributed by atoms with E-state index in [-0.39, 0.29) is 14.9 Å². The summed E-state index contributed by atoms with van der Waals surface area (Å²) in [5.41, 5.74) is -1.01. The molecule has 1 heterocycles. The van der Waals surface area contributed by atoms with Crippen molar-refractivity contribution in [1.29, 1.82) is 0 Å². The summed E-state index contributed by atoms with van der Waals surface area (Å²) in [4.78, 5) is 3.61. The van der Waals surface area contributed by atoms with Crippen LogP contribution in [-0.4, -0.2) is 19.7 Å². The van der Waals surface area contributed by atoms with E-state index in [1.165, 1.54) is 18.4 Å². The lowest BCUT2D eigenvalue weighted by Crippen LogP contribution is -2.07. The van der Waals surface area contributed by atoms with Gasteiger partial charge in [-0.1, -0.05) is 29.8 Å². The Morgan fingerprint density at radius 3 is 2.35 bits per heavy atom. The van der Waals surface area contributed by atoms with Crippen LogP contribution in [0.1, 0.15) is 5.56 Å². The zero-order valence-corrected chi connectivity index (χ0v) is 14.0. The van der Waals surface area contributed by atoms with E-state index in [2.05, 4.69) is 8.75 Å². The van der Waals surface area contributed by atoms with E-state index in [1.54, 1.807) is 18.2 Å². The molecule has 0 aliphatic rings. The SMILES string of the molecule is C/S(=N\S(=O)(=O)c1ccccc1)c1ncc(C(F)(F)F)cc1Cl. The zero-order chi connectivity index (χ0) is 17.3. The fourth-order valence-corrected chi connectivity index (χ4v) is 4.97. The number of hydrogen-bond donors (Lipinski definition) is 0. The minimum absolute atomic E-state index is 0.0117. The summed E-state index contributed by atoms with van der Waals surface area (Å²) < 4.78 is 65.7. The zero-order valence-electron chi connectivity index (χ0n) is 11.6. The van der Waals surface area contributed by atoms with Crippen LogP contribution in [0.4, 0.5) is 13.2 Å². The number of rotatable bonds is 3. The second-order valence-corrected chi connectivity index (χ2v) is 8.12. The summed E-state index contributed by atoms with van der Waals surface area (Å²) >= 11 is 5.79. The van der Waals surface area contributed by atoms with Gasteiger partial charge in [0, 0.05) is 6.20 Å². The average Bonchev–Trinajstić information content (AvgIpc) is 2.46. The first kappa shape index (κ1) is 17.9. The van der Waals surface area contributed by atoms with Crippen LogP contribution < -0.4 is 0 Å². The maximum Gasteiger partial charge on any atom is 0.417 e. The number of nitrogens with zero attached hydrogens (tertiary/aromatic N) is 2. The Bertz CT molecular complexity index is 853. The van der Waals surface area contributed by atoms with E-state index in [0.717, 1.165) is 0 Å². The van der Waals surface area contributed by atoms with Crippen LogP contribution in [0.5, 0.6) is 0 Å². The molecule has 0 N–H and O–H groups in total. The van der Waals surface area contributed by atoms with Gasteiger partial charge < -0.3 is 0 Å². The van der Waals surface area contributed by atoms with Crippen LogP contribution >= 0.6 is 11.6 Å². The molecule has 0 saturated carbocycles. The van der Waals surface area contributed by atoms with Crippen molar-refractivity contribution in [3.05, 3.63) is 53.2 Å². The van der Waals surface area contributed by atoms with Gasteiger partial charge in [0.1, 0.15) is 5.03 Å². The van der Waals surface area contributed by atoms with E-state index in [0.29, 0.717) is 12.3 Å². The predicted octanol–water partition coefficient (Wildman–Crippen LogP) is 3.93. The number of pyridine rings is 1. The largest absolute Gasteiger partial charge is 0.417 e. The van der Waals surface area contributed by atoms with Gasteiger partial charge in [0.15, 0.2) is 0 Å². The van der Waals surface area contributed by atoms with Gasteiger partial charge in [0.25, 0.3) is 10.0 Å². The third-order valence-corrected chi connectivity index (χ3v) is 6.50. The molecular weight excluding hydrogens is 373 g/mol. The molecule has 0 fully saturated rings. The van der Waals surface area contributed by atoms with Crippen molar-refractivity contribution < 1.29 is 21.6 Å². The number of hydrogen-bond acceptors (Lipinski definition) is 3. The number of halogens is 4. The van der Waals surface area contributed by atoms with Crippen molar-refractivity contribution in [2.45, 2.75) is 16.1 Å². The molecule has 2 aromatic rings. The highest BCUT2D eigenvalue weighted by molar-refractivity contribution is 7.99. The normalized spacial score (nSPS) is 14.0. The number of aromatic nitrogens is 1. The van der Waals surface area contributed by atoms with Gasteiger partial charge in [-0.3, -0.25) is 0 Å². The molecule has 1 unspecified atom stereocenters. The first-order chi connectivity index (χ1) is 10.6. The smallest absolute Gasteiger partial charge is 0.247 e. The van der Waals surface area contributed by atoms with Gasteiger partial charge in [-0.15, -0.1) is 3.77 Å². The molecule has 0 radical (unpaired) electrons. The standard InChI is InChI=1S/C13H10ClF3N2O2S2/c1-22(19-23(20,21)10-5-3-2-4-6-10)12-11(14)7-9(8-18-12)13(15,16)17/h2-8H,1H3. The second-order valence-electron chi connectivity index (χ2n) is 4.35. The Morgan fingerprint density at radius 2 is 1.83 bits per heavy atom. The van der Waals surface area contributed by atoms with Gasteiger partial charge in [-0.25, -0.2) is 4.98 Å². The van der Waals surface area contributed by atoms with Crippen molar-refractivity contribution in [2.24, 2.45) is 3.77 Å². The summed E-state index contributed by atoms with van der Waals surface area (Å²) in [6.07, 6.45) is -2.55. The van der Waals surface area contributed by atoms with Crippen molar-refractivity contribution in [2.75, 3.05) is 6.26 Å². The molecule has 1 aromatic carbocycles. The minimum atomic E-state index is -4.57. The maximum absolute atomic E-state index is 12.6. The first-order valence-electron chi connectivity index (χ1n) is 6.03. The molecule has 2 rings (SSSR count). The third kappa shape index (κ3) is 4.30. The number of sulfonamides is 1. The molecule has 0 spiro atoms. The van der Waals surface area contributed by atoms with Crippen LogP contribution in [-0.2, 0) is 26.9 Å². The summed E-state index contributed by atoms with van der Waals surface area (Å²) in [7, 11) is -5.27. The lowest BCUT2D eigenvalue weighted by atomic mass is 10.3. The first-order valence-corrected chi connectivity index (χ1v) is 9.44. The van der Waals surface area contributed by atoms with Gasteiger partial charge in [0.2, 0.25) is 0 Å². The molecule has 10 heteroatoms. The molecule has 0 amide bonds. The van der Waals surface area contributed by atoms with E-state index < -0.39 is 32.5 Å². The van der Waals surface area contributed by atoms with Crippen molar-refractivity contribution in [3.8, 4) is 0 Å². The summed E-state index contributed by atoms with van der Waals surface area (Å²) in [5, 5.41) is -0.295. The highest BCUT2D eigenvalue weighted by atomic mass is 35.5. The fourth-order valence-electron chi connectivity index (χ4n) is 1.62. The molecule has 0 saturated heterocycles. The van der Waals surface area contributed by atoms with E-state index in [9.17, 15) is 21.6 Å². The molecular formula is C13H10ClF3N2O2S2. The van der Waals surface area contributed by atoms with Crippen LogP contribution in [0.3, 0.4) is 0 Å². The van der Waals surface area contributed by atoms with Crippen LogP contribution in [0, 0.1) is 0 Å². The lowest BCUT2D eigenvalue weighted by molar-refractivity contribution is -0.137. The molecule has 23 heavy (non-hydrogen) atoms. The van der Waals surface area contributed by atoms with E-state index in [1.807, 2.05) is 0 Å². The molecule has 1 aromatic heterocycles. The number of benzene rings is 1. The Hall–Kier alpha value is -1.45. The summed E-state index contributed by atoms with van der Waals surface area (Å²) in [6, 6.07) is 8.19. The topological polar surface area (TPSA) is 59.4 Å². The van der Waals surface area contributed by atoms with Crippen molar-refractivity contribution in [1.82, 2.24) is 4.98 Å². The Balaban J connectivity index is 2.43. The third-order valence-electron chi connectivity index (χ3n) is 2.67. The lowest BCUT2D eigenvalue weighted by Gasteiger charge is -2.09. The minimum Gasteiger partial charge on any atom is -0.247 e. The highest BCUT2D eigenvalue weighted by Crippen LogP contribution is 2.32. The monoisotopic (exact) mass is 382 g/mol. The Morgan fingerprint density at radius 1 is 1.22 bits per heavy atom. The van der Waals surface area contributed by atoms with Gasteiger partial charge in [0.05, 0.1) is 15.5 Å². The average molecular weight is 383 g/mol. The maximum atomic E-state index is 12.6. The Kier molecular flexibility index (Phi) is 5.12. The molecule has 124 valence electrons. The molecule has 0 aliphatic carbocycles. The van der Waals surface area contributed by atoms with Crippen LogP contribution in [0.25, 0.3) is 0 Å². The fraction of sp³-hybridized carbons (Fsp3) is 0.154. The van der Waals surface area contributed by atoms with Crippen LogP contribution in [0.2, 0.25) is 5.02 Å². The van der Waals surface area contributed by atoms with Crippen molar-refractivity contribution in [3.63, 3.8) is 0 Å². The summed E-state index contributed by atoms with van der Waals surface area (Å²) in [6.45, 7) is 0. The van der Waals surface area contributed by atoms with E-state index in [4.69, 9.17) is 11.6 Å². The summed E-state index contributed by atoms with van der Waals surface area (Å²) in [5.74, 6) is 0. The predicted molar refractivity (Wildman–Crippen MR) is 81.9 cm³/mol. The van der Waals surface area contributed by atoms with Gasteiger partial charge >= 0.3 is 6.18 Å². The van der Waals surface area contributed by atoms with Gasteiger partial charge in [-0.2, -0.15) is 21.6 Å². The van der Waals surface area contributed by atoms with Crippen molar-refractivity contribution >= 4 is 32.3 Å². The van der Waals surface area contributed by atoms with Crippen LogP contribution in [0.15, 0.2) is 56.3 Å². The molecule has 1 atom stereocenters. The highest BCUT2D eigenvalue weighted by Gasteiger charge is 2.31. The second kappa shape index (κ2) is 6.58. The van der Waals surface area contributed by atoms with Gasteiger partial charge in [-0.05, 0) is 35.1 Å². The van der Waals surface area contributed by atoms with E-state index >= 15 is 0 Å². The molecule has 4 nitrogen and oxygen atoms in total.